The summed E-state index contributed by atoms with van der Waals surface area (Å²) in [6.45, 7) is 2.73. The van der Waals surface area contributed by atoms with Crippen LogP contribution in [0.15, 0.2) is 84.2 Å². The van der Waals surface area contributed by atoms with Crippen LogP contribution in [0.5, 0.6) is 0 Å². The number of pyridine rings is 1. The minimum Gasteiger partial charge on any atom is -0.429 e. The van der Waals surface area contributed by atoms with Crippen molar-refractivity contribution in [1.29, 1.82) is 0 Å². The van der Waals surface area contributed by atoms with Crippen LogP contribution in [0.2, 0.25) is 10.0 Å². The predicted molar refractivity (Wildman–Crippen MR) is 131 cm³/mol. The maximum absolute atomic E-state index is 12.9. The summed E-state index contributed by atoms with van der Waals surface area (Å²) in [4.78, 5) is 17.0. The highest BCUT2D eigenvalue weighted by Gasteiger charge is 2.12. The highest BCUT2D eigenvalue weighted by molar-refractivity contribution is 6.34. The summed E-state index contributed by atoms with van der Waals surface area (Å²) in [5.74, 6) is -0.465. The van der Waals surface area contributed by atoms with Crippen molar-refractivity contribution >= 4 is 50.8 Å². The molecule has 0 radical (unpaired) electrons. The third kappa shape index (κ3) is 4.13. The van der Waals surface area contributed by atoms with E-state index in [0.29, 0.717) is 12.1 Å². The van der Waals surface area contributed by atoms with Crippen LogP contribution in [-0.2, 0) is 6.54 Å². The fourth-order valence-corrected chi connectivity index (χ4v) is 4.59. The molecule has 5 nitrogen and oxygen atoms in total. The molecule has 0 fully saturated rings. The SMILES string of the molecule is Cc1cn(Cc2ccc3ccccc3c2)c2cc(C(=O)N=c3c(Cl)cn(O)cc3Cl)ccc12. The number of carbonyl (C=O) groups excluding carboxylic acids is 1. The molecule has 5 rings (SSSR count). The van der Waals surface area contributed by atoms with E-state index in [2.05, 4.69) is 53.0 Å². The van der Waals surface area contributed by atoms with Crippen molar-refractivity contribution in [2.45, 2.75) is 13.5 Å². The molecule has 2 heterocycles. The van der Waals surface area contributed by atoms with Crippen LogP contribution in [0.25, 0.3) is 21.7 Å². The van der Waals surface area contributed by atoms with E-state index in [1.807, 2.05) is 24.3 Å². The number of amides is 1. The van der Waals surface area contributed by atoms with E-state index in [1.54, 1.807) is 6.07 Å². The average Bonchev–Trinajstić information content (AvgIpc) is 3.10. The lowest BCUT2D eigenvalue weighted by Crippen LogP contribution is -2.12. The number of benzene rings is 3. The second-order valence-electron chi connectivity index (χ2n) is 7.95. The molecule has 1 N–H and O–H groups in total. The predicted octanol–water partition coefficient (Wildman–Crippen LogP) is 6.24. The second kappa shape index (κ2) is 8.43. The Hall–Kier alpha value is -3.54. The van der Waals surface area contributed by atoms with Gasteiger partial charge in [0.25, 0.3) is 5.91 Å². The number of hydrogen-bond donors (Lipinski definition) is 1. The number of nitrogens with zero attached hydrogens (tertiary/aromatic N) is 3. The monoisotopic (exact) mass is 475 g/mol. The number of fused-ring (bicyclic) bond motifs is 2. The van der Waals surface area contributed by atoms with Crippen molar-refractivity contribution in [1.82, 2.24) is 9.30 Å². The number of halogens is 2. The van der Waals surface area contributed by atoms with Crippen molar-refractivity contribution in [2.24, 2.45) is 4.99 Å². The molecule has 0 aliphatic heterocycles. The lowest BCUT2D eigenvalue weighted by Gasteiger charge is -2.08. The fraction of sp³-hybridized carbons (Fsp3) is 0.0769. The van der Waals surface area contributed by atoms with Gasteiger partial charge in [0, 0.05) is 29.2 Å². The first-order valence-electron chi connectivity index (χ1n) is 10.3. The Labute approximate surface area is 199 Å². The second-order valence-corrected chi connectivity index (χ2v) is 8.77. The van der Waals surface area contributed by atoms with Gasteiger partial charge in [0.05, 0.1) is 22.4 Å². The van der Waals surface area contributed by atoms with E-state index in [1.165, 1.54) is 28.7 Å². The van der Waals surface area contributed by atoms with Crippen molar-refractivity contribution in [2.75, 3.05) is 0 Å². The Morgan fingerprint density at radius 2 is 1.67 bits per heavy atom. The van der Waals surface area contributed by atoms with Crippen LogP contribution in [0.3, 0.4) is 0 Å². The number of rotatable bonds is 3. The van der Waals surface area contributed by atoms with Crippen LogP contribution < -0.4 is 5.36 Å². The van der Waals surface area contributed by atoms with Crippen LogP contribution in [0.1, 0.15) is 21.5 Å². The third-order valence-corrected chi connectivity index (χ3v) is 6.21. The number of aromatic nitrogens is 2. The molecule has 3 aromatic carbocycles. The molecule has 0 unspecified atom stereocenters. The summed E-state index contributed by atoms with van der Waals surface area (Å²) in [6, 6.07) is 20.2. The summed E-state index contributed by atoms with van der Waals surface area (Å²) < 4.78 is 2.87. The van der Waals surface area contributed by atoms with Gasteiger partial charge in [-0.3, -0.25) is 4.79 Å². The highest BCUT2D eigenvalue weighted by Crippen LogP contribution is 2.25. The maximum Gasteiger partial charge on any atom is 0.277 e. The van der Waals surface area contributed by atoms with Gasteiger partial charge in [-0.25, -0.2) is 4.99 Å². The zero-order valence-electron chi connectivity index (χ0n) is 17.7. The van der Waals surface area contributed by atoms with Gasteiger partial charge >= 0.3 is 0 Å². The minimum absolute atomic E-state index is 0.0787. The van der Waals surface area contributed by atoms with Crippen molar-refractivity contribution in [3.63, 3.8) is 0 Å². The fourth-order valence-electron chi connectivity index (χ4n) is 4.05. The van der Waals surface area contributed by atoms with Crippen LogP contribution >= 0.6 is 23.2 Å². The molecule has 5 aromatic rings. The first-order chi connectivity index (χ1) is 15.9. The molecule has 0 bridgehead atoms. The number of carbonyl (C=O) groups is 1. The molecule has 0 spiro atoms. The van der Waals surface area contributed by atoms with Crippen LogP contribution in [-0.4, -0.2) is 20.4 Å². The lowest BCUT2D eigenvalue weighted by atomic mass is 10.1. The number of hydrogen-bond acceptors (Lipinski definition) is 2. The van der Waals surface area contributed by atoms with Gasteiger partial charge in [0.1, 0.15) is 5.36 Å². The lowest BCUT2D eigenvalue weighted by molar-refractivity contribution is 0.0998. The molecular formula is C26H19Cl2N3O2. The van der Waals surface area contributed by atoms with E-state index in [-0.39, 0.29) is 15.4 Å². The Morgan fingerprint density at radius 3 is 2.42 bits per heavy atom. The Kier molecular flexibility index (Phi) is 5.44. The van der Waals surface area contributed by atoms with Gasteiger partial charge in [0.15, 0.2) is 0 Å². The molecule has 7 heteroatoms. The minimum atomic E-state index is -0.465. The van der Waals surface area contributed by atoms with Crippen molar-refractivity contribution in [3.8, 4) is 0 Å². The standard InChI is InChI=1S/C26H19Cl2N3O2/c1-16-12-30(13-17-6-7-18-4-2-3-5-19(18)10-17)24-11-20(8-9-21(16)24)26(32)29-25-22(27)14-31(33)15-23(25)28/h2-12,14-15,33H,13H2,1H3. The van der Waals surface area contributed by atoms with Crippen LogP contribution in [0.4, 0.5) is 0 Å². The molecule has 164 valence electrons. The van der Waals surface area contributed by atoms with E-state index in [4.69, 9.17) is 23.2 Å². The Morgan fingerprint density at radius 1 is 0.939 bits per heavy atom. The average molecular weight is 476 g/mol. The first kappa shape index (κ1) is 21.3. The summed E-state index contributed by atoms with van der Waals surface area (Å²) in [7, 11) is 0. The largest absolute Gasteiger partial charge is 0.429 e. The summed E-state index contributed by atoms with van der Waals surface area (Å²) in [5, 5.41) is 13.3. The van der Waals surface area contributed by atoms with E-state index >= 15 is 0 Å². The molecule has 1 amide bonds. The molecule has 0 atom stereocenters. The molecular weight excluding hydrogens is 457 g/mol. The Balaban J connectivity index is 1.54. The normalized spacial score (nSPS) is 11.2. The summed E-state index contributed by atoms with van der Waals surface area (Å²) in [6.07, 6.45) is 4.54. The first-order valence-corrected chi connectivity index (χ1v) is 11.1. The van der Waals surface area contributed by atoms with Gasteiger partial charge in [-0.2, -0.15) is 4.73 Å². The third-order valence-electron chi connectivity index (χ3n) is 5.65. The van der Waals surface area contributed by atoms with Gasteiger partial charge in [-0.05, 0) is 47.0 Å². The molecule has 0 saturated heterocycles. The van der Waals surface area contributed by atoms with Crippen molar-refractivity contribution in [3.05, 3.63) is 111 Å². The topological polar surface area (TPSA) is 59.5 Å². The molecule has 33 heavy (non-hydrogen) atoms. The van der Waals surface area contributed by atoms with Crippen molar-refractivity contribution < 1.29 is 10.0 Å². The zero-order chi connectivity index (χ0) is 23.1. The molecule has 0 saturated carbocycles. The van der Waals surface area contributed by atoms with Gasteiger partial charge in [-0.1, -0.05) is 65.7 Å². The molecule has 2 aromatic heterocycles. The summed E-state index contributed by atoms with van der Waals surface area (Å²) >= 11 is 12.2. The van der Waals surface area contributed by atoms with Gasteiger partial charge < -0.3 is 9.77 Å². The van der Waals surface area contributed by atoms with E-state index < -0.39 is 5.91 Å². The zero-order valence-corrected chi connectivity index (χ0v) is 19.2. The van der Waals surface area contributed by atoms with Crippen LogP contribution in [0, 0.1) is 6.92 Å². The summed E-state index contributed by atoms with van der Waals surface area (Å²) in [5.41, 5.74) is 3.67. The highest BCUT2D eigenvalue weighted by atomic mass is 35.5. The van der Waals surface area contributed by atoms with Gasteiger partial charge in [-0.15, -0.1) is 0 Å². The van der Waals surface area contributed by atoms with Gasteiger partial charge in [0.2, 0.25) is 0 Å². The maximum atomic E-state index is 12.9. The van der Waals surface area contributed by atoms with E-state index in [9.17, 15) is 10.0 Å². The number of aryl methyl sites for hydroxylation is 1. The quantitative estimate of drug-likeness (QED) is 0.314. The smallest absolute Gasteiger partial charge is 0.277 e. The molecule has 0 aliphatic carbocycles. The molecule has 0 aliphatic rings. The Bertz CT molecular complexity index is 1590. The van der Waals surface area contributed by atoms with E-state index in [0.717, 1.165) is 21.2 Å².